The second-order valence-electron chi connectivity index (χ2n) is 4.89. The Bertz CT molecular complexity index is 692. The number of pyridine rings is 2. The van der Waals surface area contributed by atoms with Crippen molar-refractivity contribution < 1.29 is 4.79 Å². The standard InChI is InChI=1S/C15H15N3O2/c19-14(10-4-3-7-16-8-10)18-13-9-17-15(20)12-6-2-1-5-11(12)13/h3-4,7-9H,1-2,5-6H2,(H,17,20)(H,18,19). The lowest BCUT2D eigenvalue weighted by molar-refractivity contribution is 0.102. The lowest BCUT2D eigenvalue weighted by Gasteiger charge is -2.18. The van der Waals surface area contributed by atoms with Gasteiger partial charge in [-0.2, -0.15) is 0 Å². The zero-order chi connectivity index (χ0) is 13.9. The topological polar surface area (TPSA) is 74.8 Å². The Balaban J connectivity index is 1.92. The van der Waals surface area contributed by atoms with Crippen LogP contribution in [0.2, 0.25) is 0 Å². The van der Waals surface area contributed by atoms with E-state index in [1.807, 2.05) is 0 Å². The third-order valence-electron chi connectivity index (χ3n) is 3.59. The molecule has 2 aromatic rings. The number of nitrogens with zero attached hydrogens (tertiary/aromatic N) is 1. The summed E-state index contributed by atoms with van der Waals surface area (Å²) in [6.45, 7) is 0. The number of aromatic amines is 1. The van der Waals surface area contributed by atoms with Crippen molar-refractivity contribution in [3.8, 4) is 0 Å². The van der Waals surface area contributed by atoms with Gasteiger partial charge in [-0.15, -0.1) is 0 Å². The summed E-state index contributed by atoms with van der Waals surface area (Å²) in [7, 11) is 0. The van der Waals surface area contributed by atoms with Crippen LogP contribution < -0.4 is 10.9 Å². The molecule has 1 aliphatic rings. The van der Waals surface area contributed by atoms with Crippen LogP contribution in [0, 0.1) is 0 Å². The van der Waals surface area contributed by atoms with Gasteiger partial charge in [0.15, 0.2) is 0 Å². The Labute approximate surface area is 116 Å². The van der Waals surface area contributed by atoms with Crippen LogP contribution >= 0.6 is 0 Å². The van der Waals surface area contributed by atoms with Crippen LogP contribution in [0.4, 0.5) is 5.69 Å². The van der Waals surface area contributed by atoms with E-state index in [2.05, 4.69) is 15.3 Å². The van der Waals surface area contributed by atoms with E-state index in [1.54, 1.807) is 24.5 Å². The van der Waals surface area contributed by atoms with Gasteiger partial charge < -0.3 is 10.3 Å². The SMILES string of the molecule is O=C(Nc1c[nH]c(=O)c2c1CCCC2)c1cccnc1. The van der Waals surface area contributed by atoms with Crippen LogP contribution in [-0.4, -0.2) is 15.9 Å². The third-order valence-corrected chi connectivity index (χ3v) is 3.59. The molecule has 0 aromatic carbocycles. The highest BCUT2D eigenvalue weighted by Gasteiger charge is 2.18. The van der Waals surface area contributed by atoms with Gasteiger partial charge in [-0.05, 0) is 43.4 Å². The monoisotopic (exact) mass is 269 g/mol. The van der Waals surface area contributed by atoms with Gasteiger partial charge in [0, 0.05) is 24.2 Å². The van der Waals surface area contributed by atoms with E-state index in [4.69, 9.17) is 0 Å². The molecule has 0 spiro atoms. The van der Waals surface area contributed by atoms with E-state index in [9.17, 15) is 9.59 Å². The molecule has 5 nitrogen and oxygen atoms in total. The van der Waals surface area contributed by atoms with E-state index >= 15 is 0 Å². The van der Waals surface area contributed by atoms with Crippen LogP contribution in [0.5, 0.6) is 0 Å². The summed E-state index contributed by atoms with van der Waals surface area (Å²) in [4.78, 5) is 30.6. The molecule has 3 rings (SSSR count). The number of rotatable bonds is 2. The highest BCUT2D eigenvalue weighted by Crippen LogP contribution is 2.25. The van der Waals surface area contributed by atoms with Crippen molar-refractivity contribution in [1.82, 2.24) is 9.97 Å². The molecule has 0 saturated heterocycles. The number of anilines is 1. The van der Waals surface area contributed by atoms with E-state index in [-0.39, 0.29) is 11.5 Å². The van der Waals surface area contributed by atoms with Crippen LogP contribution in [0.1, 0.15) is 34.3 Å². The van der Waals surface area contributed by atoms with Gasteiger partial charge in [0.05, 0.1) is 11.3 Å². The number of H-pyrrole nitrogens is 1. The van der Waals surface area contributed by atoms with Gasteiger partial charge in [0.1, 0.15) is 0 Å². The third kappa shape index (κ3) is 2.34. The van der Waals surface area contributed by atoms with Crippen molar-refractivity contribution in [3.05, 3.63) is 57.8 Å². The van der Waals surface area contributed by atoms with Crippen LogP contribution in [0.15, 0.2) is 35.5 Å². The molecule has 2 heterocycles. The molecule has 2 aromatic heterocycles. The molecule has 0 atom stereocenters. The zero-order valence-electron chi connectivity index (χ0n) is 11.0. The molecule has 102 valence electrons. The first-order valence-corrected chi connectivity index (χ1v) is 6.70. The minimum atomic E-state index is -0.210. The predicted octanol–water partition coefficient (Wildman–Crippen LogP) is 1.90. The van der Waals surface area contributed by atoms with Crippen molar-refractivity contribution in [2.24, 2.45) is 0 Å². The molecule has 0 radical (unpaired) electrons. The molecule has 0 unspecified atom stereocenters. The number of carbonyl (C=O) groups is 1. The molecule has 0 fully saturated rings. The molecule has 1 amide bonds. The first kappa shape index (κ1) is 12.6. The summed E-state index contributed by atoms with van der Waals surface area (Å²) < 4.78 is 0. The molecule has 5 heteroatoms. The van der Waals surface area contributed by atoms with Gasteiger partial charge in [0.2, 0.25) is 0 Å². The lowest BCUT2D eigenvalue weighted by atomic mass is 9.92. The second kappa shape index (κ2) is 5.28. The summed E-state index contributed by atoms with van der Waals surface area (Å²) in [5.41, 5.74) is 2.94. The van der Waals surface area contributed by atoms with E-state index in [0.29, 0.717) is 11.3 Å². The maximum Gasteiger partial charge on any atom is 0.257 e. The second-order valence-corrected chi connectivity index (χ2v) is 4.89. The average Bonchev–Trinajstić information content (AvgIpc) is 2.51. The Morgan fingerprint density at radius 3 is 2.80 bits per heavy atom. The fourth-order valence-corrected chi connectivity index (χ4v) is 2.57. The molecular weight excluding hydrogens is 254 g/mol. The van der Waals surface area contributed by atoms with Crippen molar-refractivity contribution in [2.75, 3.05) is 5.32 Å². The zero-order valence-corrected chi connectivity index (χ0v) is 11.0. The Kier molecular flexibility index (Phi) is 3.33. The molecule has 0 saturated carbocycles. The van der Waals surface area contributed by atoms with Crippen molar-refractivity contribution in [3.63, 3.8) is 0 Å². The maximum absolute atomic E-state index is 12.1. The maximum atomic E-state index is 12.1. The largest absolute Gasteiger partial charge is 0.327 e. The van der Waals surface area contributed by atoms with Gasteiger partial charge in [-0.25, -0.2) is 0 Å². The smallest absolute Gasteiger partial charge is 0.257 e. The summed E-state index contributed by atoms with van der Waals surface area (Å²) in [5, 5.41) is 2.86. The van der Waals surface area contributed by atoms with Crippen LogP contribution in [-0.2, 0) is 12.8 Å². The van der Waals surface area contributed by atoms with Gasteiger partial charge in [-0.1, -0.05) is 0 Å². The molecule has 0 aliphatic heterocycles. The molecule has 0 bridgehead atoms. The number of amides is 1. The van der Waals surface area contributed by atoms with Crippen molar-refractivity contribution in [1.29, 1.82) is 0 Å². The number of hydrogen-bond donors (Lipinski definition) is 2. The Morgan fingerprint density at radius 2 is 2.05 bits per heavy atom. The van der Waals surface area contributed by atoms with Gasteiger partial charge >= 0.3 is 0 Å². The number of nitrogens with one attached hydrogen (secondary N) is 2. The Morgan fingerprint density at radius 1 is 1.25 bits per heavy atom. The summed E-state index contributed by atoms with van der Waals surface area (Å²) in [5.74, 6) is -0.210. The van der Waals surface area contributed by atoms with Crippen molar-refractivity contribution in [2.45, 2.75) is 25.7 Å². The fourth-order valence-electron chi connectivity index (χ4n) is 2.57. The first-order chi connectivity index (χ1) is 9.75. The van der Waals surface area contributed by atoms with E-state index in [0.717, 1.165) is 36.8 Å². The summed E-state index contributed by atoms with van der Waals surface area (Å²) in [6.07, 6.45) is 8.42. The Hall–Kier alpha value is -2.43. The molecular formula is C15H15N3O2. The van der Waals surface area contributed by atoms with Crippen LogP contribution in [0.3, 0.4) is 0 Å². The highest BCUT2D eigenvalue weighted by atomic mass is 16.1. The normalized spacial score (nSPS) is 13.6. The van der Waals surface area contributed by atoms with Crippen molar-refractivity contribution >= 4 is 11.6 Å². The first-order valence-electron chi connectivity index (χ1n) is 6.70. The number of aromatic nitrogens is 2. The number of fused-ring (bicyclic) bond motifs is 1. The molecule has 1 aliphatic carbocycles. The summed E-state index contributed by atoms with van der Waals surface area (Å²) in [6, 6.07) is 3.43. The van der Waals surface area contributed by atoms with E-state index < -0.39 is 0 Å². The minimum absolute atomic E-state index is 0.0425. The number of carbonyl (C=O) groups excluding carboxylic acids is 1. The summed E-state index contributed by atoms with van der Waals surface area (Å²) >= 11 is 0. The fraction of sp³-hybridized carbons (Fsp3) is 0.267. The average molecular weight is 269 g/mol. The molecule has 20 heavy (non-hydrogen) atoms. The quantitative estimate of drug-likeness (QED) is 0.874. The van der Waals surface area contributed by atoms with Gasteiger partial charge in [-0.3, -0.25) is 14.6 Å². The highest BCUT2D eigenvalue weighted by molar-refractivity contribution is 6.04. The van der Waals surface area contributed by atoms with E-state index in [1.165, 1.54) is 6.20 Å². The molecule has 2 N–H and O–H groups in total. The predicted molar refractivity (Wildman–Crippen MR) is 75.9 cm³/mol. The van der Waals surface area contributed by atoms with Gasteiger partial charge in [0.25, 0.3) is 11.5 Å². The number of hydrogen-bond acceptors (Lipinski definition) is 3. The van der Waals surface area contributed by atoms with Crippen LogP contribution in [0.25, 0.3) is 0 Å². The minimum Gasteiger partial charge on any atom is -0.327 e. The lowest BCUT2D eigenvalue weighted by Crippen LogP contribution is -2.22.